The van der Waals surface area contributed by atoms with Crippen molar-refractivity contribution in [3.63, 3.8) is 0 Å². The molecule has 6 rings (SSSR count). The maximum absolute atomic E-state index is 14.0. The predicted octanol–water partition coefficient (Wildman–Crippen LogP) is 0.924. The Bertz CT molecular complexity index is 1420. The lowest BCUT2D eigenvalue weighted by Crippen LogP contribution is -2.56. The number of hydrogen-bond donors (Lipinski definition) is 3. The number of amides is 2. The normalized spacial score (nSPS) is 25.1. The molecule has 12 nitrogen and oxygen atoms in total. The number of aliphatic hydroxyl groups is 2. The minimum absolute atomic E-state index is 0.00540. The van der Waals surface area contributed by atoms with E-state index in [9.17, 15) is 24.6 Å². The van der Waals surface area contributed by atoms with Crippen LogP contribution in [0.3, 0.4) is 0 Å². The standard InChI is InChI=1S/C30H32N2O10/c1-38-24-10-17(13-34)8-19-25-20(29(36)31-5-6-33)11-21(26(35)28(25)42-27(19)24)32(30(37)18-4-7-39-14-18)12-16-2-3-22-23(9-16)41-15-40-22/h2-3,8-11,13,18,21,25-26,28,33,35H,4-7,12,14-15H2,1H3,(H,31,36)/t18?,21-,25+,26+,28+/m1/s1. The van der Waals surface area contributed by atoms with Gasteiger partial charge in [-0.05, 0) is 42.3 Å². The van der Waals surface area contributed by atoms with E-state index in [-0.39, 0.29) is 44.6 Å². The molecule has 1 fully saturated rings. The van der Waals surface area contributed by atoms with Crippen LogP contribution in [0.4, 0.5) is 0 Å². The summed E-state index contributed by atoms with van der Waals surface area (Å²) in [6, 6.07) is 7.56. The van der Waals surface area contributed by atoms with Gasteiger partial charge in [0.25, 0.3) is 0 Å². The van der Waals surface area contributed by atoms with Crippen LogP contribution >= 0.6 is 0 Å². The van der Waals surface area contributed by atoms with Gasteiger partial charge in [0.2, 0.25) is 18.6 Å². The number of ether oxygens (including phenoxy) is 5. The number of methoxy groups -OCH3 is 1. The molecule has 222 valence electrons. The number of nitrogens with zero attached hydrogens (tertiary/aromatic N) is 1. The van der Waals surface area contributed by atoms with Crippen molar-refractivity contribution in [2.45, 2.75) is 37.1 Å². The third-order valence-corrected chi connectivity index (χ3v) is 8.12. The van der Waals surface area contributed by atoms with Gasteiger partial charge in [-0.15, -0.1) is 0 Å². The Morgan fingerprint density at radius 2 is 2.02 bits per heavy atom. The molecule has 0 bridgehead atoms. The van der Waals surface area contributed by atoms with Crippen LogP contribution in [-0.4, -0.2) is 91.7 Å². The van der Waals surface area contributed by atoms with Crippen LogP contribution < -0.4 is 24.3 Å². The van der Waals surface area contributed by atoms with E-state index in [1.807, 2.05) is 6.07 Å². The SMILES string of the molecule is COc1cc(C=O)cc2c1O[C@@H]1[C@@H](O)[C@H](N(Cc3ccc4c(c3)OCO4)C(=O)C3CCOC3)C=C(C(=O)NCCO)[C@H]21. The van der Waals surface area contributed by atoms with Crippen molar-refractivity contribution in [2.24, 2.45) is 5.92 Å². The average molecular weight is 581 g/mol. The monoisotopic (exact) mass is 580 g/mol. The van der Waals surface area contributed by atoms with Crippen LogP contribution in [0.25, 0.3) is 0 Å². The van der Waals surface area contributed by atoms with E-state index < -0.39 is 36.0 Å². The molecule has 42 heavy (non-hydrogen) atoms. The van der Waals surface area contributed by atoms with E-state index >= 15 is 0 Å². The fourth-order valence-corrected chi connectivity index (χ4v) is 6.09. The molecule has 3 N–H and O–H groups in total. The summed E-state index contributed by atoms with van der Waals surface area (Å²) < 4.78 is 28.2. The summed E-state index contributed by atoms with van der Waals surface area (Å²) >= 11 is 0. The van der Waals surface area contributed by atoms with E-state index in [2.05, 4.69) is 5.32 Å². The fraction of sp³-hybridized carbons (Fsp3) is 0.433. The number of carbonyl (C=O) groups excluding carboxylic acids is 3. The van der Waals surface area contributed by atoms with E-state index in [1.54, 1.807) is 29.2 Å². The van der Waals surface area contributed by atoms with Crippen LogP contribution in [0.5, 0.6) is 23.0 Å². The van der Waals surface area contributed by atoms with Crippen molar-refractivity contribution < 1.29 is 48.3 Å². The van der Waals surface area contributed by atoms with Crippen molar-refractivity contribution in [1.29, 1.82) is 0 Å². The largest absolute Gasteiger partial charge is 0.493 e. The van der Waals surface area contributed by atoms with Gasteiger partial charge in [0.1, 0.15) is 18.5 Å². The number of aliphatic hydroxyl groups excluding tert-OH is 2. The lowest BCUT2D eigenvalue weighted by molar-refractivity contribution is -0.142. The molecule has 2 amide bonds. The summed E-state index contributed by atoms with van der Waals surface area (Å²) in [5, 5.41) is 23.9. The fourth-order valence-electron chi connectivity index (χ4n) is 6.09. The highest BCUT2D eigenvalue weighted by Gasteiger charge is 2.52. The van der Waals surface area contributed by atoms with Crippen molar-refractivity contribution in [1.82, 2.24) is 10.2 Å². The van der Waals surface area contributed by atoms with Gasteiger partial charge >= 0.3 is 0 Å². The average Bonchev–Trinajstić information content (AvgIpc) is 3.78. The first-order valence-corrected chi connectivity index (χ1v) is 13.8. The summed E-state index contributed by atoms with van der Waals surface area (Å²) in [5.41, 5.74) is 1.83. The van der Waals surface area contributed by atoms with Gasteiger partial charge in [-0.2, -0.15) is 0 Å². The molecule has 0 radical (unpaired) electrons. The molecule has 1 aliphatic carbocycles. The van der Waals surface area contributed by atoms with E-state index in [0.717, 1.165) is 5.56 Å². The lowest BCUT2D eigenvalue weighted by atomic mass is 9.77. The Hall–Kier alpha value is -4.13. The van der Waals surface area contributed by atoms with E-state index in [0.29, 0.717) is 53.4 Å². The Morgan fingerprint density at radius 1 is 1.19 bits per heavy atom. The quantitative estimate of drug-likeness (QED) is 0.365. The number of fused-ring (bicyclic) bond motifs is 4. The maximum Gasteiger partial charge on any atom is 0.247 e. The second kappa shape index (κ2) is 11.6. The van der Waals surface area contributed by atoms with E-state index in [4.69, 9.17) is 23.7 Å². The highest BCUT2D eigenvalue weighted by Crippen LogP contribution is 2.51. The first-order valence-electron chi connectivity index (χ1n) is 13.8. The number of carbonyl (C=O) groups is 3. The lowest BCUT2D eigenvalue weighted by Gasteiger charge is -2.41. The van der Waals surface area contributed by atoms with Crippen molar-refractivity contribution in [2.75, 3.05) is 40.3 Å². The summed E-state index contributed by atoms with van der Waals surface area (Å²) in [6.07, 6.45) is 0.585. The Morgan fingerprint density at radius 3 is 2.76 bits per heavy atom. The van der Waals surface area contributed by atoms with E-state index in [1.165, 1.54) is 13.2 Å². The molecule has 2 aromatic rings. The van der Waals surface area contributed by atoms with Crippen LogP contribution in [0.2, 0.25) is 0 Å². The van der Waals surface area contributed by atoms with Gasteiger partial charge in [-0.3, -0.25) is 14.4 Å². The number of nitrogens with one attached hydrogen (secondary N) is 1. The number of rotatable bonds is 9. The Balaban J connectivity index is 1.43. The third-order valence-electron chi connectivity index (χ3n) is 8.12. The minimum Gasteiger partial charge on any atom is -0.493 e. The molecule has 0 aromatic heterocycles. The molecule has 4 aliphatic rings. The van der Waals surface area contributed by atoms with Gasteiger partial charge in [0.15, 0.2) is 23.0 Å². The molecule has 12 heteroatoms. The zero-order chi connectivity index (χ0) is 29.4. The van der Waals surface area contributed by atoms with Crippen molar-refractivity contribution >= 4 is 18.1 Å². The first-order chi connectivity index (χ1) is 20.4. The molecule has 3 heterocycles. The van der Waals surface area contributed by atoms with Gasteiger partial charge in [-0.25, -0.2) is 0 Å². The zero-order valence-electron chi connectivity index (χ0n) is 23.0. The molecule has 2 aromatic carbocycles. The summed E-state index contributed by atoms with van der Waals surface area (Å²) in [6.45, 7) is 0.657. The Kier molecular flexibility index (Phi) is 7.76. The molecule has 3 aliphatic heterocycles. The zero-order valence-corrected chi connectivity index (χ0v) is 23.0. The Labute approximate surface area is 241 Å². The molecular formula is C30H32N2O10. The maximum atomic E-state index is 14.0. The van der Waals surface area contributed by atoms with Gasteiger partial charge in [0, 0.05) is 36.4 Å². The topological polar surface area (TPSA) is 153 Å². The summed E-state index contributed by atoms with van der Waals surface area (Å²) in [5.74, 6) is -0.115. The molecule has 5 atom stereocenters. The van der Waals surface area contributed by atoms with Crippen LogP contribution in [-0.2, 0) is 20.9 Å². The number of benzene rings is 2. The molecule has 0 saturated carbocycles. The van der Waals surface area contributed by atoms with Crippen molar-refractivity contribution in [3.8, 4) is 23.0 Å². The van der Waals surface area contributed by atoms with Crippen LogP contribution in [0, 0.1) is 5.92 Å². The summed E-state index contributed by atoms with van der Waals surface area (Å²) in [7, 11) is 1.44. The summed E-state index contributed by atoms with van der Waals surface area (Å²) in [4.78, 5) is 40.8. The molecule has 0 spiro atoms. The van der Waals surface area contributed by atoms with Gasteiger partial charge in [0.05, 0.1) is 38.2 Å². The number of hydrogen-bond acceptors (Lipinski definition) is 10. The smallest absolute Gasteiger partial charge is 0.247 e. The molecule has 1 saturated heterocycles. The highest BCUT2D eigenvalue weighted by molar-refractivity contribution is 5.96. The van der Waals surface area contributed by atoms with Crippen LogP contribution in [0.15, 0.2) is 42.0 Å². The van der Waals surface area contributed by atoms with Crippen LogP contribution in [0.1, 0.15) is 33.8 Å². The molecule has 1 unspecified atom stereocenters. The first kappa shape index (κ1) is 28.0. The second-order valence-corrected chi connectivity index (χ2v) is 10.6. The second-order valence-electron chi connectivity index (χ2n) is 10.6. The van der Waals surface area contributed by atoms with Gasteiger partial charge < -0.3 is 44.1 Å². The minimum atomic E-state index is -1.25. The molecular weight excluding hydrogens is 548 g/mol. The predicted molar refractivity (Wildman–Crippen MR) is 146 cm³/mol. The number of aldehydes is 1. The van der Waals surface area contributed by atoms with Gasteiger partial charge in [-0.1, -0.05) is 6.07 Å². The third kappa shape index (κ3) is 4.95. The highest BCUT2D eigenvalue weighted by atomic mass is 16.7. The van der Waals surface area contributed by atoms with Crippen molar-refractivity contribution in [3.05, 3.63) is 58.7 Å².